The van der Waals surface area contributed by atoms with Crippen molar-refractivity contribution >= 4 is 35.2 Å². The molecule has 0 heterocycles. The SMILES string of the molecule is CCOC(=O)Nc1ccc(NC(=O)Nc2ccc(OC(=O)c3ccc(-c4ccc(OC)cc4)cc3)cc2)cc1. The van der Waals surface area contributed by atoms with E-state index in [2.05, 4.69) is 16.0 Å². The van der Waals surface area contributed by atoms with Gasteiger partial charge in [-0.3, -0.25) is 5.32 Å². The molecule has 0 aliphatic carbocycles. The molecule has 0 atom stereocenters. The summed E-state index contributed by atoms with van der Waals surface area (Å²) in [6, 6.07) is 27.3. The number of ether oxygens (including phenoxy) is 3. The topological polar surface area (TPSA) is 115 Å². The van der Waals surface area contributed by atoms with Crippen LogP contribution >= 0.6 is 0 Å². The van der Waals surface area contributed by atoms with Crippen molar-refractivity contribution < 1.29 is 28.6 Å². The van der Waals surface area contributed by atoms with E-state index in [0.717, 1.165) is 16.9 Å². The number of esters is 1. The molecule has 3 N–H and O–H groups in total. The Balaban J connectivity index is 1.27. The van der Waals surface area contributed by atoms with Gasteiger partial charge in [-0.05, 0) is 90.8 Å². The molecule has 4 aromatic carbocycles. The van der Waals surface area contributed by atoms with Crippen LogP contribution in [-0.2, 0) is 4.74 Å². The van der Waals surface area contributed by atoms with Gasteiger partial charge in [0.15, 0.2) is 0 Å². The van der Waals surface area contributed by atoms with E-state index in [-0.39, 0.29) is 6.61 Å². The number of carbonyl (C=O) groups excluding carboxylic acids is 3. The number of nitrogens with one attached hydrogen (secondary N) is 3. The van der Waals surface area contributed by atoms with Gasteiger partial charge in [-0.2, -0.15) is 0 Å². The molecule has 4 aromatic rings. The molecule has 0 saturated heterocycles. The summed E-state index contributed by atoms with van der Waals surface area (Å²) in [4.78, 5) is 36.4. The van der Waals surface area contributed by atoms with Crippen LogP contribution in [0.5, 0.6) is 11.5 Å². The van der Waals surface area contributed by atoms with Crippen LogP contribution in [0.3, 0.4) is 0 Å². The number of benzene rings is 4. The van der Waals surface area contributed by atoms with E-state index >= 15 is 0 Å². The van der Waals surface area contributed by atoms with Gasteiger partial charge in [-0.15, -0.1) is 0 Å². The molecule has 0 unspecified atom stereocenters. The standard InChI is InChI=1S/C30H27N3O6/c1-3-38-30(36)33-25-12-10-23(11-13-25)31-29(35)32-24-14-18-27(19-15-24)39-28(34)22-6-4-20(5-7-22)21-8-16-26(37-2)17-9-21/h4-19H,3H2,1-2H3,(H,33,36)(H2,31,32,35). The minimum absolute atomic E-state index is 0.273. The van der Waals surface area contributed by atoms with Crippen LogP contribution < -0.4 is 25.4 Å². The molecular formula is C30H27N3O6. The number of rotatable bonds is 8. The highest BCUT2D eigenvalue weighted by Crippen LogP contribution is 2.24. The Kier molecular flexibility index (Phi) is 8.76. The van der Waals surface area contributed by atoms with Crippen LogP contribution in [0.25, 0.3) is 11.1 Å². The van der Waals surface area contributed by atoms with Gasteiger partial charge in [0.05, 0.1) is 19.3 Å². The monoisotopic (exact) mass is 525 g/mol. The van der Waals surface area contributed by atoms with Crippen molar-refractivity contribution in [1.82, 2.24) is 0 Å². The van der Waals surface area contributed by atoms with E-state index in [1.165, 1.54) is 0 Å². The second-order valence-corrected chi connectivity index (χ2v) is 8.22. The molecule has 0 bridgehead atoms. The first kappa shape index (κ1) is 26.7. The summed E-state index contributed by atoms with van der Waals surface area (Å²) in [5.41, 5.74) is 3.97. The summed E-state index contributed by atoms with van der Waals surface area (Å²) >= 11 is 0. The van der Waals surface area contributed by atoms with Gasteiger partial charge in [-0.1, -0.05) is 24.3 Å². The fourth-order valence-corrected chi connectivity index (χ4v) is 3.57. The maximum atomic E-state index is 12.6. The largest absolute Gasteiger partial charge is 0.497 e. The van der Waals surface area contributed by atoms with Crippen molar-refractivity contribution in [2.45, 2.75) is 6.92 Å². The minimum Gasteiger partial charge on any atom is -0.497 e. The van der Waals surface area contributed by atoms with E-state index in [1.54, 1.807) is 74.7 Å². The van der Waals surface area contributed by atoms with Gasteiger partial charge < -0.3 is 24.8 Å². The van der Waals surface area contributed by atoms with Crippen molar-refractivity contribution in [3.8, 4) is 22.6 Å². The molecule has 0 aliphatic rings. The smallest absolute Gasteiger partial charge is 0.411 e. The quantitative estimate of drug-likeness (QED) is 0.172. The lowest BCUT2D eigenvalue weighted by atomic mass is 10.0. The Morgan fingerprint density at radius 3 is 1.59 bits per heavy atom. The Bertz CT molecular complexity index is 1420. The van der Waals surface area contributed by atoms with Crippen molar-refractivity contribution in [3.05, 3.63) is 103 Å². The molecule has 0 aliphatic heterocycles. The number of hydrogen-bond acceptors (Lipinski definition) is 6. The van der Waals surface area contributed by atoms with Gasteiger partial charge in [-0.25, -0.2) is 14.4 Å². The first-order valence-electron chi connectivity index (χ1n) is 12.1. The van der Waals surface area contributed by atoms with Crippen LogP contribution in [0, 0.1) is 0 Å². The van der Waals surface area contributed by atoms with Gasteiger partial charge in [0.2, 0.25) is 0 Å². The first-order valence-corrected chi connectivity index (χ1v) is 12.1. The summed E-state index contributed by atoms with van der Waals surface area (Å²) in [6.45, 7) is 1.99. The predicted octanol–water partition coefficient (Wildman–Crippen LogP) is 6.79. The Labute approximate surface area is 225 Å². The lowest BCUT2D eigenvalue weighted by molar-refractivity contribution is 0.0734. The van der Waals surface area contributed by atoms with E-state index in [0.29, 0.717) is 28.4 Å². The van der Waals surface area contributed by atoms with Crippen molar-refractivity contribution in [2.24, 2.45) is 0 Å². The molecule has 0 fully saturated rings. The normalized spacial score (nSPS) is 10.2. The maximum Gasteiger partial charge on any atom is 0.411 e. The fourth-order valence-electron chi connectivity index (χ4n) is 3.57. The Hall–Kier alpha value is -5.31. The molecule has 0 spiro atoms. The third kappa shape index (κ3) is 7.59. The van der Waals surface area contributed by atoms with Gasteiger partial charge in [0.1, 0.15) is 11.5 Å². The lowest BCUT2D eigenvalue weighted by Gasteiger charge is -2.10. The number of amides is 3. The van der Waals surface area contributed by atoms with E-state index in [1.807, 2.05) is 36.4 Å². The third-order valence-corrected chi connectivity index (χ3v) is 5.53. The average molecular weight is 526 g/mol. The number of hydrogen-bond donors (Lipinski definition) is 3. The summed E-state index contributed by atoms with van der Waals surface area (Å²) < 4.78 is 15.5. The second kappa shape index (κ2) is 12.8. The minimum atomic E-state index is -0.548. The summed E-state index contributed by atoms with van der Waals surface area (Å²) in [5.74, 6) is 0.628. The molecule has 0 radical (unpaired) electrons. The van der Waals surface area contributed by atoms with Crippen molar-refractivity contribution in [3.63, 3.8) is 0 Å². The molecule has 198 valence electrons. The van der Waals surface area contributed by atoms with Crippen LogP contribution in [-0.4, -0.2) is 31.8 Å². The highest BCUT2D eigenvalue weighted by atomic mass is 16.5. The van der Waals surface area contributed by atoms with Gasteiger partial charge in [0.25, 0.3) is 0 Å². The summed E-state index contributed by atoms with van der Waals surface area (Å²) in [5, 5.41) is 7.98. The molecule has 4 rings (SSSR count). The zero-order valence-electron chi connectivity index (χ0n) is 21.4. The number of urea groups is 1. The zero-order valence-corrected chi connectivity index (χ0v) is 21.4. The third-order valence-electron chi connectivity index (χ3n) is 5.53. The van der Waals surface area contributed by atoms with Crippen LogP contribution in [0.2, 0.25) is 0 Å². The molecular weight excluding hydrogens is 498 g/mol. The second-order valence-electron chi connectivity index (χ2n) is 8.22. The molecule has 3 amide bonds. The van der Waals surface area contributed by atoms with Crippen LogP contribution in [0.4, 0.5) is 26.7 Å². The molecule has 9 heteroatoms. The van der Waals surface area contributed by atoms with Crippen LogP contribution in [0.15, 0.2) is 97.1 Å². The molecule has 9 nitrogen and oxygen atoms in total. The molecule has 39 heavy (non-hydrogen) atoms. The van der Waals surface area contributed by atoms with Gasteiger partial charge >= 0.3 is 18.1 Å². The Morgan fingerprint density at radius 1 is 0.615 bits per heavy atom. The number of anilines is 3. The fraction of sp³-hybridized carbons (Fsp3) is 0.100. The van der Waals surface area contributed by atoms with Crippen molar-refractivity contribution in [2.75, 3.05) is 29.7 Å². The van der Waals surface area contributed by atoms with Gasteiger partial charge in [0, 0.05) is 17.1 Å². The van der Waals surface area contributed by atoms with E-state index < -0.39 is 18.1 Å². The predicted molar refractivity (Wildman–Crippen MR) is 150 cm³/mol. The zero-order chi connectivity index (χ0) is 27.6. The van der Waals surface area contributed by atoms with E-state index in [9.17, 15) is 14.4 Å². The van der Waals surface area contributed by atoms with Crippen molar-refractivity contribution in [1.29, 1.82) is 0 Å². The number of carbonyl (C=O) groups is 3. The number of methoxy groups -OCH3 is 1. The highest BCUT2D eigenvalue weighted by molar-refractivity contribution is 6.00. The first-order chi connectivity index (χ1) is 18.9. The maximum absolute atomic E-state index is 12.6. The highest BCUT2D eigenvalue weighted by Gasteiger charge is 2.10. The molecule has 0 saturated carbocycles. The Morgan fingerprint density at radius 2 is 1.08 bits per heavy atom. The van der Waals surface area contributed by atoms with E-state index in [4.69, 9.17) is 14.2 Å². The average Bonchev–Trinajstić information content (AvgIpc) is 2.95. The van der Waals surface area contributed by atoms with Crippen LogP contribution in [0.1, 0.15) is 17.3 Å². The molecule has 0 aromatic heterocycles. The summed E-state index contributed by atoms with van der Waals surface area (Å²) in [7, 11) is 1.62. The lowest BCUT2D eigenvalue weighted by Crippen LogP contribution is -2.19. The summed E-state index contributed by atoms with van der Waals surface area (Å²) in [6.07, 6.45) is -0.548.